The topological polar surface area (TPSA) is 141 Å². The molecule has 58 heavy (non-hydrogen) atoms. The van der Waals surface area contributed by atoms with Gasteiger partial charge in [0.25, 0.3) is 0 Å². The molecular formula is C47H84O11. The van der Waals surface area contributed by atoms with Crippen molar-refractivity contribution in [2.75, 3.05) is 46.2 Å². The van der Waals surface area contributed by atoms with E-state index in [9.17, 15) is 24.0 Å². The number of esters is 5. The summed E-state index contributed by atoms with van der Waals surface area (Å²) in [5.74, 6) is -1.66. The zero-order chi connectivity index (χ0) is 44.8. The summed E-state index contributed by atoms with van der Waals surface area (Å²) < 4.78 is 29.0. The van der Waals surface area contributed by atoms with Crippen LogP contribution in [-0.4, -0.2) is 76.1 Å². The fourth-order valence-electron chi connectivity index (χ4n) is 4.00. The van der Waals surface area contributed by atoms with E-state index in [-0.39, 0.29) is 23.9 Å². The molecule has 0 unspecified atom stereocenters. The second kappa shape index (κ2) is 59.7. The van der Waals surface area contributed by atoms with Crippen LogP contribution in [0.1, 0.15) is 163 Å². The molecule has 0 saturated carbocycles. The van der Waals surface area contributed by atoms with Crippen molar-refractivity contribution in [2.45, 2.75) is 163 Å². The quantitative estimate of drug-likeness (QED) is 0.0270. The Morgan fingerprint density at radius 1 is 0.293 bits per heavy atom. The Labute approximate surface area is 354 Å². The van der Waals surface area contributed by atoms with Crippen molar-refractivity contribution in [3.8, 4) is 0 Å². The second-order valence-corrected chi connectivity index (χ2v) is 12.8. The fraction of sp³-hybridized carbons (Fsp3) is 0.681. The minimum atomic E-state index is -0.394. The predicted octanol–water partition coefficient (Wildman–Crippen LogP) is 11.5. The summed E-state index contributed by atoms with van der Waals surface area (Å²) in [5, 5.41) is 0. The van der Waals surface area contributed by atoms with Crippen molar-refractivity contribution in [1.82, 2.24) is 0 Å². The fourth-order valence-corrected chi connectivity index (χ4v) is 4.00. The summed E-state index contributed by atoms with van der Waals surface area (Å²) in [7, 11) is 0. The van der Waals surface area contributed by atoms with Gasteiger partial charge in [0.05, 0.1) is 33.0 Å². The van der Waals surface area contributed by atoms with E-state index in [0.717, 1.165) is 83.3 Å². The smallest absolute Gasteiger partial charge is 0.330 e. The van der Waals surface area contributed by atoms with Gasteiger partial charge in [-0.3, -0.25) is 0 Å². The van der Waals surface area contributed by atoms with Gasteiger partial charge in [0.2, 0.25) is 0 Å². The van der Waals surface area contributed by atoms with Crippen LogP contribution < -0.4 is 0 Å². The van der Waals surface area contributed by atoms with E-state index in [1.807, 2.05) is 0 Å². The number of hydrogen-bond donors (Lipinski definition) is 0. The average molecular weight is 825 g/mol. The molecule has 11 heteroatoms. The van der Waals surface area contributed by atoms with Crippen molar-refractivity contribution in [3.63, 3.8) is 0 Å². The minimum absolute atomic E-state index is 0.312. The molecule has 0 aliphatic heterocycles. The summed E-state index contributed by atoms with van der Waals surface area (Å²) >= 11 is 0. The Morgan fingerprint density at radius 3 is 0.810 bits per heavy atom. The van der Waals surface area contributed by atoms with Gasteiger partial charge in [0, 0.05) is 37.0 Å². The summed E-state index contributed by atoms with van der Waals surface area (Å²) in [6, 6.07) is 0. The maximum Gasteiger partial charge on any atom is 0.330 e. The third kappa shape index (κ3) is 69.9. The molecular weight excluding hydrogens is 741 g/mol. The van der Waals surface area contributed by atoms with Crippen LogP contribution in [0.5, 0.6) is 0 Å². The summed E-state index contributed by atoms with van der Waals surface area (Å²) in [6.07, 6.45) is 29.0. The van der Waals surface area contributed by atoms with Crippen LogP contribution in [-0.2, 0) is 52.4 Å². The molecule has 0 aromatic carbocycles. The van der Waals surface area contributed by atoms with Crippen molar-refractivity contribution in [1.29, 1.82) is 0 Å². The first-order valence-corrected chi connectivity index (χ1v) is 21.6. The zero-order valence-electron chi connectivity index (χ0n) is 37.5. The molecule has 11 nitrogen and oxygen atoms in total. The van der Waals surface area contributed by atoms with Gasteiger partial charge in [-0.2, -0.15) is 0 Å². The lowest BCUT2D eigenvalue weighted by molar-refractivity contribution is -0.139. The second-order valence-electron chi connectivity index (χ2n) is 12.8. The Kier molecular flexibility index (Phi) is 65.0. The number of carbonyl (C=O) groups is 5. The summed E-state index contributed by atoms with van der Waals surface area (Å²) in [6.45, 7) is 30.9. The number of rotatable bonds is 33. The molecule has 0 spiro atoms. The molecule has 0 rings (SSSR count). The highest BCUT2D eigenvalue weighted by Gasteiger charge is 1.97. The first-order chi connectivity index (χ1) is 28.0. The number of carbonyl (C=O) groups excluding carboxylic acids is 5. The molecule has 0 aliphatic rings. The molecule has 0 heterocycles. The van der Waals surface area contributed by atoms with E-state index in [1.165, 1.54) is 82.1 Å². The third-order valence-electron chi connectivity index (χ3n) is 7.42. The van der Waals surface area contributed by atoms with Crippen molar-refractivity contribution >= 4 is 29.8 Å². The van der Waals surface area contributed by atoms with Crippen molar-refractivity contribution in [2.24, 2.45) is 0 Å². The Hall–Kier alpha value is -3.99. The Morgan fingerprint density at radius 2 is 0.517 bits per heavy atom. The molecule has 0 aliphatic carbocycles. The van der Waals surface area contributed by atoms with E-state index < -0.39 is 5.97 Å². The van der Waals surface area contributed by atoms with E-state index in [1.54, 1.807) is 0 Å². The van der Waals surface area contributed by atoms with Crippen LogP contribution in [0.4, 0.5) is 0 Å². The largest absolute Gasteiger partial charge is 0.463 e. The van der Waals surface area contributed by atoms with Gasteiger partial charge in [-0.15, -0.1) is 0 Å². The predicted molar refractivity (Wildman–Crippen MR) is 237 cm³/mol. The van der Waals surface area contributed by atoms with Gasteiger partial charge in [0.15, 0.2) is 0 Å². The molecule has 0 amide bonds. The maximum atomic E-state index is 10.6. The van der Waals surface area contributed by atoms with Gasteiger partial charge in [-0.05, 0) is 32.1 Å². The molecule has 0 N–H and O–H groups in total. The van der Waals surface area contributed by atoms with E-state index >= 15 is 0 Å². The SMILES string of the molecule is C=CC(=O)OCCCCC.C=CC(=O)OCCCCCC.C=CC(=O)OCCCCCCC.C=CC(=O)OCCCCCCCC.C=CC(=O)OCCOCCCC. The van der Waals surface area contributed by atoms with Crippen LogP contribution in [0, 0.1) is 0 Å². The maximum absolute atomic E-state index is 10.6. The van der Waals surface area contributed by atoms with E-state index in [4.69, 9.17) is 23.7 Å². The molecule has 338 valence electrons. The van der Waals surface area contributed by atoms with Gasteiger partial charge in [-0.25, -0.2) is 24.0 Å². The summed E-state index contributed by atoms with van der Waals surface area (Å²) in [4.78, 5) is 52.6. The van der Waals surface area contributed by atoms with Gasteiger partial charge >= 0.3 is 29.8 Å². The Bertz CT molecular complexity index is 959. The highest BCUT2D eigenvalue weighted by atomic mass is 16.6. The first-order valence-electron chi connectivity index (χ1n) is 21.6. The number of ether oxygens (including phenoxy) is 6. The van der Waals surface area contributed by atoms with Crippen LogP contribution in [0.25, 0.3) is 0 Å². The lowest BCUT2D eigenvalue weighted by Gasteiger charge is -2.02. The number of unbranched alkanes of at least 4 members (excludes halogenated alkanes) is 15. The molecule has 0 atom stereocenters. The van der Waals surface area contributed by atoms with Gasteiger partial charge < -0.3 is 28.4 Å². The lowest BCUT2D eigenvalue weighted by Crippen LogP contribution is -2.08. The van der Waals surface area contributed by atoms with Gasteiger partial charge in [0.1, 0.15) is 6.61 Å². The summed E-state index contributed by atoms with van der Waals surface area (Å²) in [5.41, 5.74) is 0. The molecule has 0 aromatic heterocycles. The lowest BCUT2D eigenvalue weighted by atomic mass is 10.1. The molecule has 0 aromatic rings. The molecule has 0 radical (unpaired) electrons. The minimum Gasteiger partial charge on any atom is -0.463 e. The normalized spacial score (nSPS) is 9.33. The highest BCUT2D eigenvalue weighted by Crippen LogP contribution is 2.05. The van der Waals surface area contributed by atoms with Crippen LogP contribution in [0.3, 0.4) is 0 Å². The van der Waals surface area contributed by atoms with Crippen molar-refractivity contribution < 1.29 is 52.4 Å². The van der Waals surface area contributed by atoms with Crippen LogP contribution >= 0.6 is 0 Å². The first kappa shape index (κ1) is 63.2. The van der Waals surface area contributed by atoms with Crippen LogP contribution in [0.15, 0.2) is 63.3 Å². The molecule has 0 saturated heterocycles. The van der Waals surface area contributed by atoms with E-state index in [0.29, 0.717) is 39.6 Å². The zero-order valence-corrected chi connectivity index (χ0v) is 37.5. The standard InChI is InChI=1S/C11H20O2.C10H18O2.C9H16O3.C9H16O2.C8H14O2/c1-3-5-6-7-8-9-10-13-11(12)4-2;1-3-5-6-7-8-9-12-10(11)4-2;1-3-5-6-11-7-8-12-9(10)4-2;1-3-5-6-7-8-11-9(10)4-2;1-3-5-6-7-10-8(9)4-2/h4H,2-3,5-10H2,1H3;4H,2-3,5-9H2,1H3;4H,2-3,5-8H2,1H3;4H,2-3,5-8H2,1H3;4H,2-3,5-7H2,1H3. The molecule has 0 fully saturated rings. The third-order valence-corrected chi connectivity index (χ3v) is 7.42. The number of hydrogen-bond acceptors (Lipinski definition) is 11. The monoisotopic (exact) mass is 825 g/mol. The Balaban J connectivity index is -0.000000202. The highest BCUT2D eigenvalue weighted by molar-refractivity contribution is 5.82. The van der Waals surface area contributed by atoms with Crippen LogP contribution in [0.2, 0.25) is 0 Å². The van der Waals surface area contributed by atoms with Crippen molar-refractivity contribution in [3.05, 3.63) is 63.3 Å². The average Bonchev–Trinajstić information content (AvgIpc) is 3.24. The molecule has 0 bridgehead atoms. The van der Waals surface area contributed by atoms with Gasteiger partial charge in [-0.1, -0.05) is 164 Å². The van der Waals surface area contributed by atoms with E-state index in [2.05, 4.69) is 72.3 Å².